The van der Waals surface area contributed by atoms with E-state index in [2.05, 4.69) is 18.5 Å². The molecule has 0 spiro atoms. The molecule has 3 rings (SSSR count). The van der Waals surface area contributed by atoms with Gasteiger partial charge in [-0.25, -0.2) is 4.39 Å². The molecule has 0 bridgehead atoms. The van der Waals surface area contributed by atoms with Crippen molar-refractivity contribution in [3.63, 3.8) is 0 Å². The summed E-state index contributed by atoms with van der Waals surface area (Å²) >= 11 is 12.9. The predicted molar refractivity (Wildman–Crippen MR) is 111 cm³/mol. The zero-order valence-corrected chi connectivity index (χ0v) is 16.7. The molecule has 3 atom stereocenters. The number of aryl methyl sites for hydroxylation is 1. The van der Waals surface area contributed by atoms with Crippen molar-refractivity contribution in [3.8, 4) is 0 Å². The maximum atomic E-state index is 14.0. The Labute approximate surface area is 164 Å². The minimum atomic E-state index is -0.491. The Balaban J connectivity index is 1.81. The van der Waals surface area contributed by atoms with Crippen LogP contribution in [-0.2, 0) is 0 Å². The second-order valence-corrected chi connectivity index (χ2v) is 8.46. The monoisotopic (exact) mass is 389 g/mol. The number of anilines is 1. The molecule has 2 aromatic carbocycles. The molecule has 0 aromatic heterocycles. The van der Waals surface area contributed by atoms with Crippen molar-refractivity contribution >= 4 is 34.5 Å². The van der Waals surface area contributed by atoms with Gasteiger partial charge < -0.3 is 5.32 Å². The second-order valence-electron chi connectivity index (χ2n) is 7.24. The van der Waals surface area contributed by atoms with Crippen molar-refractivity contribution in [2.75, 3.05) is 5.32 Å². The minimum absolute atomic E-state index is 0.00947. The summed E-state index contributed by atoms with van der Waals surface area (Å²) in [5, 5.41) is 4.00. The highest BCUT2D eigenvalue weighted by Crippen LogP contribution is 2.64. The highest BCUT2D eigenvalue weighted by atomic mass is 35.5. The van der Waals surface area contributed by atoms with Crippen LogP contribution in [0.2, 0.25) is 5.02 Å². The topological polar surface area (TPSA) is 12.0 Å². The van der Waals surface area contributed by atoms with Gasteiger partial charge in [-0.05, 0) is 67.3 Å². The first kappa shape index (κ1) is 19.0. The Bertz CT molecular complexity index is 901. The van der Waals surface area contributed by atoms with Gasteiger partial charge in [0.2, 0.25) is 0 Å². The largest absolute Gasteiger partial charge is 0.359 e. The first-order chi connectivity index (χ1) is 12.1. The van der Waals surface area contributed by atoms with Crippen LogP contribution in [0.4, 0.5) is 10.1 Å². The predicted octanol–water partition coefficient (Wildman–Crippen LogP) is 7.16. The van der Waals surface area contributed by atoms with Gasteiger partial charge in [0, 0.05) is 28.2 Å². The third-order valence-electron chi connectivity index (χ3n) is 5.10. The van der Waals surface area contributed by atoms with E-state index in [0.29, 0.717) is 10.6 Å². The van der Waals surface area contributed by atoms with Gasteiger partial charge in [-0.1, -0.05) is 36.9 Å². The molecule has 0 amide bonds. The van der Waals surface area contributed by atoms with Crippen molar-refractivity contribution in [2.24, 2.45) is 5.92 Å². The molecule has 1 N–H and O–H groups in total. The zero-order valence-electron chi connectivity index (χ0n) is 15.2. The van der Waals surface area contributed by atoms with Gasteiger partial charge in [-0.15, -0.1) is 11.6 Å². The Morgan fingerprint density at radius 1 is 1.19 bits per heavy atom. The van der Waals surface area contributed by atoms with Crippen molar-refractivity contribution in [1.82, 2.24) is 0 Å². The van der Waals surface area contributed by atoms with E-state index in [-0.39, 0.29) is 17.7 Å². The summed E-state index contributed by atoms with van der Waals surface area (Å²) in [6.45, 7) is 13.8. The first-order valence-electron chi connectivity index (χ1n) is 8.49. The quantitative estimate of drug-likeness (QED) is 0.534. The molecule has 1 fully saturated rings. The molecular weight excluding hydrogens is 368 g/mol. The molecule has 1 aliphatic carbocycles. The highest BCUT2D eigenvalue weighted by molar-refractivity contribution is 6.32. The fraction of sp³-hybridized carbons (Fsp3) is 0.273. The number of halogens is 3. The number of hydrogen-bond donors (Lipinski definition) is 1. The fourth-order valence-corrected chi connectivity index (χ4v) is 4.26. The molecule has 26 heavy (non-hydrogen) atoms. The van der Waals surface area contributed by atoms with Crippen molar-refractivity contribution < 1.29 is 4.39 Å². The lowest BCUT2D eigenvalue weighted by Gasteiger charge is -2.13. The molecule has 1 nitrogen and oxygen atoms in total. The van der Waals surface area contributed by atoms with Crippen LogP contribution >= 0.6 is 23.2 Å². The molecule has 1 aliphatic rings. The maximum absolute atomic E-state index is 14.0. The van der Waals surface area contributed by atoms with Gasteiger partial charge in [0.25, 0.3) is 0 Å². The van der Waals surface area contributed by atoms with Gasteiger partial charge in [0.05, 0.1) is 4.87 Å². The summed E-state index contributed by atoms with van der Waals surface area (Å²) in [6.07, 6.45) is 0. The Hall–Kier alpha value is -1.77. The van der Waals surface area contributed by atoms with Crippen LogP contribution in [-0.4, -0.2) is 4.87 Å². The average Bonchev–Trinajstić information content (AvgIpc) is 3.14. The van der Waals surface area contributed by atoms with Gasteiger partial charge in [-0.3, -0.25) is 0 Å². The van der Waals surface area contributed by atoms with Crippen LogP contribution in [0.3, 0.4) is 0 Å². The average molecular weight is 390 g/mol. The Morgan fingerprint density at radius 3 is 2.50 bits per heavy atom. The lowest BCUT2D eigenvalue weighted by atomic mass is 10.0. The summed E-state index contributed by atoms with van der Waals surface area (Å²) < 4.78 is 14.0. The number of hydrogen-bond acceptors (Lipinski definition) is 1. The summed E-state index contributed by atoms with van der Waals surface area (Å²) in [4.78, 5) is -0.491. The molecule has 1 saturated carbocycles. The van der Waals surface area contributed by atoms with Gasteiger partial charge in [0.1, 0.15) is 5.82 Å². The Morgan fingerprint density at radius 2 is 1.88 bits per heavy atom. The van der Waals surface area contributed by atoms with Crippen LogP contribution in [0.1, 0.15) is 36.5 Å². The van der Waals surface area contributed by atoms with Crippen LogP contribution in [0.25, 0.3) is 5.57 Å². The summed E-state index contributed by atoms with van der Waals surface area (Å²) in [7, 11) is 0. The molecule has 0 aliphatic heterocycles. The fourth-order valence-electron chi connectivity index (χ4n) is 3.54. The molecule has 0 saturated heterocycles. The van der Waals surface area contributed by atoms with E-state index in [9.17, 15) is 4.39 Å². The number of nitrogens with one attached hydrogen (secondary N) is 1. The first-order valence-corrected chi connectivity index (χ1v) is 9.24. The smallest absolute Gasteiger partial charge is 0.126 e. The summed E-state index contributed by atoms with van der Waals surface area (Å²) in [5.41, 5.74) is 5.01. The van der Waals surface area contributed by atoms with Crippen LogP contribution in [0, 0.1) is 18.7 Å². The van der Waals surface area contributed by atoms with Crippen molar-refractivity contribution in [3.05, 3.63) is 82.8 Å². The minimum Gasteiger partial charge on any atom is -0.359 e. The number of rotatable bonds is 5. The SMILES string of the molecule is C=C(C)c1cc(NC(=C)C2C(c3ccc(C)c(F)c3)C2(C)Cl)ccc1Cl. The molecule has 4 heteroatoms. The van der Waals surface area contributed by atoms with E-state index < -0.39 is 4.87 Å². The van der Waals surface area contributed by atoms with E-state index in [4.69, 9.17) is 23.2 Å². The van der Waals surface area contributed by atoms with E-state index in [1.807, 2.05) is 38.1 Å². The maximum Gasteiger partial charge on any atom is 0.126 e. The van der Waals surface area contributed by atoms with E-state index in [1.165, 1.54) is 0 Å². The number of alkyl halides is 1. The molecule has 3 unspecified atom stereocenters. The van der Waals surface area contributed by atoms with Crippen LogP contribution in [0.15, 0.2) is 55.3 Å². The van der Waals surface area contributed by atoms with Crippen LogP contribution < -0.4 is 5.32 Å². The summed E-state index contributed by atoms with van der Waals surface area (Å²) in [5.74, 6) is -0.176. The van der Waals surface area contributed by atoms with E-state index >= 15 is 0 Å². The van der Waals surface area contributed by atoms with E-state index in [1.54, 1.807) is 19.1 Å². The Kier molecular flexibility index (Phi) is 4.94. The van der Waals surface area contributed by atoms with E-state index in [0.717, 1.165) is 28.1 Å². The lowest BCUT2D eigenvalue weighted by Crippen LogP contribution is -2.05. The molecule has 0 heterocycles. The molecule has 2 aromatic rings. The highest BCUT2D eigenvalue weighted by Gasteiger charge is 2.62. The zero-order chi connectivity index (χ0) is 19.2. The van der Waals surface area contributed by atoms with Gasteiger partial charge >= 0.3 is 0 Å². The molecule has 136 valence electrons. The van der Waals surface area contributed by atoms with Crippen molar-refractivity contribution in [2.45, 2.75) is 31.6 Å². The normalized spacial score (nSPS) is 24.2. The lowest BCUT2D eigenvalue weighted by molar-refractivity contribution is 0.615. The summed E-state index contributed by atoms with van der Waals surface area (Å²) in [6, 6.07) is 11.0. The standard InChI is InChI=1S/C22H22Cl2FN/c1-12(2)17-11-16(8-9-18(17)23)26-14(4)20-21(22(20,5)24)15-7-6-13(3)19(25)10-15/h6-11,20-21,26H,1,4H2,2-3,5H3. The third-order valence-corrected chi connectivity index (χ3v) is 5.90. The number of benzene rings is 2. The number of allylic oxidation sites excluding steroid dienone is 2. The molecular formula is C22H22Cl2FN. The van der Waals surface area contributed by atoms with Crippen LogP contribution in [0.5, 0.6) is 0 Å². The van der Waals surface area contributed by atoms with Crippen molar-refractivity contribution in [1.29, 1.82) is 0 Å². The second kappa shape index (κ2) is 6.75. The third kappa shape index (κ3) is 3.41. The van der Waals surface area contributed by atoms with Gasteiger partial charge in [0.15, 0.2) is 0 Å². The molecule has 0 radical (unpaired) electrons. The van der Waals surface area contributed by atoms with Gasteiger partial charge in [-0.2, -0.15) is 0 Å².